The van der Waals surface area contributed by atoms with Gasteiger partial charge in [-0.15, -0.1) is 0 Å². The summed E-state index contributed by atoms with van der Waals surface area (Å²) in [7, 11) is 0. The van der Waals surface area contributed by atoms with Crippen molar-refractivity contribution in [1.29, 1.82) is 0 Å². The zero-order valence-electron chi connectivity index (χ0n) is 18.6. The topological polar surface area (TPSA) is 126 Å². The number of nitrogens with zero attached hydrogens (tertiary/aromatic N) is 5. The molecule has 1 fully saturated rings. The van der Waals surface area contributed by atoms with Gasteiger partial charge < -0.3 is 30.3 Å². The number of aromatic nitrogens is 4. The number of ether oxygens (including phenoxy) is 2. The van der Waals surface area contributed by atoms with Gasteiger partial charge in [-0.25, -0.2) is 19.3 Å². The summed E-state index contributed by atoms with van der Waals surface area (Å²) in [6, 6.07) is 6.99. The van der Waals surface area contributed by atoms with Crippen molar-refractivity contribution in [2.24, 2.45) is 0 Å². The molecule has 176 valence electrons. The summed E-state index contributed by atoms with van der Waals surface area (Å²) in [5.74, 6) is 0.957. The van der Waals surface area contributed by atoms with Gasteiger partial charge in [-0.2, -0.15) is 4.98 Å². The molecule has 0 saturated carbocycles. The van der Waals surface area contributed by atoms with Crippen molar-refractivity contribution in [2.75, 3.05) is 47.2 Å². The molecule has 34 heavy (non-hydrogen) atoms. The summed E-state index contributed by atoms with van der Waals surface area (Å²) >= 11 is 0. The predicted octanol–water partition coefficient (Wildman–Crippen LogP) is 2.84. The molecule has 5 heterocycles. The Morgan fingerprint density at radius 3 is 2.79 bits per heavy atom. The van der Waals surface area contributed by atoms with Gasteiger partial charge in [0.2, 0.25) is 5.95 Å². The van der Waals surface area contributed by atoms with Crippen LogP contribution in [0.4, 0.5) is 39.3 Å². The lowest BCUT2D eigenvalue weighted by Crippen LogP contribution is -2.48. The fourth-order valence-electron chi connectivity index (χ4n) is 3.66. The van der Waals surface area contributed by atoms with E-state index in [1.807, 2.05) is 12.1 Å². The van der Waals surface area contributed by atoms with E-state index in [9.17, 15) is 9.18 Å². The van der Waals surface area contributed by atoms with Crippen LogP contribution in [0.1, 0.15) is 13.8 Å². The Morgan fingerprint density at radius 2 is 2.00 bits per heavy atom. The van der Waals surface area contributed by atoms with E-state index in [1.165, 1.54) is 0 Å². The molecular weight excluding hydrogens is 443 g/mol. The molecule has 1 amide bonds. The van der Waals surface area contributed by atoms with Crippen molar-refractivity contribution in [3.05, 3.63) is 42.5 Å². The second-order valence-corrected chi connectivity index (χ2v) is 8.46. The summed E-state index contributed by atoms with van der Waals surface area (Å²) in [4.78, 5) is 30.6. The van der Waals surface area contributed by atoms with Crippen LogP contribution in [0.3, 0.4) is 0 Å². The highest BCUT2D eigenvalue weighted by atomic mass is 19.1. The van der Waals surface area contributed by atoms with Crippen molar-refractivity contribution in [3.8, 4) is 5.75 Å². The fourth-order valence-corrected chi connectivity index (χ4v) is 3.66. The normalized spacial score (nSPS) is 16.8. The van der Waals surface area contributed by atoms with Gasteiger partial charge in [0.15, 0.2) is 29.8 Å². The van der Waals surface area contributed by atoms with Crippen molar-refractivity contribution >= 4 is 40.8 Å². The molecule has 1 saturated heterocycles. The maximum absolute atomic E-state index is 14.4. The maximum atomic E-state index is 14.4. The molecule has 0 aromatic carbocycles. The van der Waals surface area contributed by atoms with Gasteiger partial charge in [-0.3, -0.25) is 4.79 Å². The Labute approximate surface area is 194 Å². The summed E-state index contributed by atoms with van der Waals surface area (Å²) in [6.07, 6.45) is 2.73. The third-order valence-corrected chi connectivity index (χ3v) is 5.22. The van der Waals surface area contributed by atoms with Gasteiger partial charge in [-0.05, 0) is 38.1 Å². The van der Waals surface area contributed by atoms with E-state index in [0.717, 1.165) is 25.1 Å². The van der Waals surface area contributed by atoms with Crippen LogP contribution in [0.25, 0.3) is 0 Å². The fraction of sp³-hybridized carbons (Fsp3) is 0.318. The van der Waals surface area contributed by atoms with E-state index in [4.69, 9.17) is 9.47 Å². The van der Waals surface area contributed by atoms with Gasteiger partial charge in [0.05, 0.1) is 30.3 Å². The lowest BCUT2D eigenvalue weighted by molar-refractivity contribution is -0.118. The first-order valence-corrected chi connectivity index (χ1v) is 10.7. The van der Waals surface area contributed by atoms with Crippen LogP contribution in [-0.2, 0) is 9.53 Å². The number of rotatable bonds is 5. The number of morpholine rings is 1. The zero-order chi connectivity index (χ0) is 23.7. The van der Waals surface area contributed by atoms with Crippen LogP contribution in [0.2, 0.25) is 0 Å². The second-order valence-electron chi connectivity index (χ2n) is 8.46. The quantitative estimate of drug-likeness (QED) is 0.517. The summed E-state index contributed by atoms with van der Waals surface area (Å²) in [6.45, 7) is 6.19. The lowest BCUT2D eigenvalue weighted by atomic mass is 10.1. The number of hydrogen-bond acceptors (Lipinski definition) is 10. The Kier molecular flexibility index (Phi) is 5.57. The average molecular weight is 466 g/mol. The molecule has 0 bridgehead atoms. The third-order valence-electron chi connectivity index (χ3n) is 5.22. The number of carbonyl (C=O) groups excluding carboxylic acids is 1. The van der Waals surface area contributed by atoms with Crippen molar-refractivity contribution in [1.82, 2.24) is 19.9 Å². The molecule has 0 spiro atoms. The number of amides is 1. The van der Waals surface area contributed by atoms with Crippen LogP contribution >= 0.6 is 0 Å². The van der Waals surface area contributed by atoms with E-state index in [0.29, 0.717) is 18.0 Å². The molecule has 0 radical (unpaired) electrons. The summed E-state index contributed by atoms with van der Waals surface area (Å²) in [5.41, 5.74) is 0.425. The van der Waals surface area contributed by atoms with Gasteiger partial charge in [0.1, 0.15) is 11.6 Å². The monoisotopic (exact) mass is 466 g/mol. The first kappa shape index (κ1) is 21.8. The van der Waals surface area contributed by atoms with E-state index < -0.39 is 5.82 Å². The number of anilines is 6. The van der Waals surface area contributed by atoms with Crippen molar-refractivity contribution in [2.45, 2.75) is 19.4 Å². The van der Waals surface area contributed by atoms with Crippen LogP contribution < -0.4 is 25.6 Å². The molecule has 11 nitrogen and oxygen atoms in total. The number of pyridine rings is 2. The Balaban J connectivity index is 1.29. The van der Waals surface area contributed by atoms with E-state index >= 15 is 0 Å². The molecule has 3 N–H and O–H groups in total. The van der Waals surface area contributed by atoms with Crippen molar-refractivity contribution in [3.63, 3.8) is 0 Å². The highest BCUT2D eigenvalue weighted by Crippen LogP contribution is 2.29. The SMILES string of the molecule is CC1(C)CN(c2ccc(Nc3ncc(F)c(Nc4ccc5c(n4)NC(=O)CO5)n3)cn2)CCO1. The molecular formula is C22H23FN8O3. The minimum atomic E-state index is -0.659. The van der Waals surface area contributed by atoms with E-state index in [1.54, 1.807) is 18.3 Å². The molecule has 3 aromatic heterocycles. The highest BCUT2D eigenvalue weighted by molar-refractivity contribution is 5.94. The van der Waals surface area contributed by atoms with Gasteiger partial charge in [-0.1, -0.05) is 0 Å². The minimum absolute atomic E-state index is 0.0721. The predicted molar refractivity (Wildman–Crippen MR) is 123 cm³/mol. The molecule has 0 atom stereocenters. The molecule has 2 aliphatic heterocycles. The first-order chi connectivity index (χ1) is 16.3. The van der Waals surface area contributed by atoms with Crippen LogP contribution in [0.15, 0.2) is 36.7 Å². The lowest BCUT2D eigenvalue weighted by Gasteiger charge is -2.38. The van der Waals surface area contributed by atoms with Crippen LogP contribution in [0, 0.1) is 5.82 Å². The molecule has 0 unspecified atom stereocenters. The Morgan fingerprint density at radius 1 is 1.12 bits per heavy atom. The van der Waals surface area contributed by atoms with E-state index in [-0.39, 0.29) is 41.5 Å². The van der Waals surface area contributed by atoms with E-state index in [2.05, 4.69) is 54.6 Å². The molecule has 2 aliphatic rings. The van der Waals surface area contributed by atoms with Crippen LogP contribution in [-0.4, -0.2) is 57.7 Å². The third kappa shape index (κ3) is 4.81. The highest BCUT2D eigenvalue weighted by Gasteiger charge is 2.27. The average Bonchev–Trinajstić information content (AvgIpc) is 2.81. The second kappa shape index (κ2) is 8.71. The molecule has 12 heteroatoms. The molecule has 3 aromatic rings. The molecule has 5 rings (SSSR count). The largest absolute Gasteiger partial charge is 0.480 e. The maximum Gasteiger partial charge on any atom is 0.263 e. The molecule has 0 aliphatic carbocycles. The number of nitrogens with one attached hydrogen (secondary N) is 3. The van der Waals surface area contributed by atoms with Gasteiger partial charge in [0, 0.05) is 13.1 Å². The number of fused-ring (bicyclic) bond motifs is 1. The summed E-state index contributed by atoms with van der Waals surface area (Å²) < 4.78 is 25.4. The smallest absolute Gasteiger partial charge is 0.263 e. The van der Waals surface area contributed by atoms with Crippen LogP contribution in [0.5, 0.6) is 5.75 Å². The van der Waals surface area contributed by atoms with Crippen molar-refractivity contribution < 1.29 is 18.7 Å². The Bertz CT molecular complexity index is 1220. The number of carbonyl (C=O) groups is 1. The number of halogens is 1. The minimum Gasteiger partial charge on any atom is -0.480 e. The summed E-state index contributed by atoms with van der Waals surface area (Å²) in [5, 5.41) is 8.44. The Hall–Kier alpha value is -4.06. The first-order valence-electron chi connectivity index (χ1n) is 10.7. The standard InChI is InChI=1S/C22H23FN8O3/c1-22(2)12-31(7-8-34-22)17-6-3-13(9-24-17)26-21-25-10-14(23)19(30-21)27-16-5-4-15-20(28-16)29-18(32)11-33-15/h3-6,9-10H,7-8,11-12H2,1-2H3,(H3,25,26,27,28,29,30,32). The zero-order valence-corrected chi connectivity index (χ0v) is 18.6. The van der Waals surface area contributed by atoms with Gasteiger partial charge >= 0.3 is 0 Å². The number of hydrogen-bond donors (Lipinski definition) is 3. The van der Waals surface area contributed by atoms with Gasteiger partial charge in [0.25, 0.3) is 5.91 Å².